The molecule has 16 nitrogen and oxygen atoms in total. The molecule has 0 fully saturated rings. The third-order valence-corrected chi connectivity index (χ3v) is 9.91. The van der Waals surface area contributed by atoms with Crippen molar-refractivity contribution in [2.45, 2.75) is 144 Å². The number of aliphatic hydroxyl groups is 1. The van der Waals surface area contributed by atoms with Crippen LogP contribution in [-0.2, 0) is 33.6 Å². The lowest BCUT2D eigenvalue weighted by Crippen LogP contribution is -2.63. The molecule has 0 radical (unpaired) electrons. The molecule has 0 saturated carbocycles. The van der Waals surface area contributed by atoms with Crippen LogP contribution in [0.2, 0.25) is 0 Å². The van der Waals surface area contributed by atoms with Gasteiger partial charge >= 0.3 is 5.97 Å². The normalized spacial score (nSPS) is 16.7. The maximum atomic E-state index is 14.1. The van der Waals surface area contributed by atoms with Crippen LogP contribution < -0.4 is 21.3 Å². The highest BCUT2D eigenvalue weighted by Crippen LogP contribution is 2.18. The predicted molar refractivity (Wildman–Crippen MR) is 202 cm³/mol. The van der Waals surface area contributed by atoms with E-state index in [2.05, 4.69) is 21.3 Å². The van der Waals surface area contributed by atoms with Crippen LogP contribution in [0, 0.1) is 23.7 Å². The van der Waals surface area contributed by atoms with Crippen molar-refractivity contribution in [1.29, 1.82) is 0 Å². The van der Waals surface area contributed by atoms with E-state index in [0.717, 1.165) is 0 Å². The first-order valence-electron chi connectivity index (χ1n) is 18.6. The fourth-order valence-electron chi connectivity index (χ4n) is 5.56. The lowest BCUT2D eigenvalue weighted by Gasteiger charge is -2.36. The quantitative estimate of drug-likeness (QED) is 0.0914. The minimum absolute atomic E-state index is 0.00805. The summed E-state index contributed by atoms with van der Waals surface area (Å²) >= 11 is 0. The van der Waals surface area contributed by atoms with Crippen LogP contribution in [0.5, 0.6) is 0 Å². The number of aliphatic hydroxyl groups excluding tert-OH is 1. The van der Waals surface area contributed by atoms with Gasteiger partial charge in [0.15, 0.2) is 0 Å². The molecule has 0 unspecified atom stereocenters. The lowest BCUT2D eigenvalue weighted by molar-refractivity contribution is -0.150. The molecule has 0 aliphatic rings. The fourth-order valence-corrected chi connectivity index (χ4v) is 5.56. The molecule has 0 aliphatic carbocycles. The van der Waals surface area contributed by atoms with E-state index in [1.54, 1.807) is 34.7 Å². The number of nitrogens with zero attached hydrogens (tertiary/aromatic N) is 3. The summed E-state index contributed by atoms with van der Waals surface area (Å²) < 4.78 is 0. The Bertz CT molecular complexity index is 1260. The van der Waals surface area contributed by atoms with Gasteiger partial charge in [-0.05, 0) is 64.3 Å². The van der Waals surface area contributed by atoms with Crippen LogP contribution in [0.4, 0.5) is 0 Å². The second kappa shape index (κ2) is 22.4. The van der Waals surface area contributed by atoms with Gasteiger partial charge in [0.25, 0.3) is 0 Å². The molecule has 6 N–H and O–H groups in total. The molecule has 0 aromatic carbocycles. The van der Waals surface area contributed by atoms with E-state index in [1.807, 2.05) is 34.6 Å². The van der Waals surface area contributed by atoms with E-state index in [0.29, 0.717) is 6.42 Å². The third kappa shape index (κ3) is 14.5. The minimum Gasteiger partial charge on any atom is -0.480 e. The van der Waals surface area contributed by atoms with Crippen molar-refractivity contribution in [3.8, 4) is 0 Å². The van der Waals surface area contributed by atoms with Crippen molar-refractivity contribution >= 4 is 41.4 Å². The smallest absolute Gasteiger partial charge is 0.326 e. The molecule has 53 heavy (non-hydrogen) atoms. The van der Waals surface area contributed by atoms with E-state index < -0.39 is 95.7 Å². The number of carbonyl (C=O) groups excluding carboxylic acids is 6. The molecule has 6 amide bonds. The molecule has 0 aromatic rings. The summed E-state index contributed by atoms with van der Waals surface area (Å²) in [6.45, 7) is 18.9. The number of hydrogen-bond donors (Lipinski definition) is 6. The van der Waals surface area contributed by atoms with Gasteiger partial charge in [0, 0.05) is 21.1 Å². The Morgan fingerprint density at radius 2 is 1.09 bits per heavy atom. The summed E-state index contributed by atoms with van der Waals surface area (Å²) in [6.07, 6.45) is -0.468. The molecule has 0 saturated heterocycles. The fraction of sp³-hybridized carbons (Fsp3) is 0.811. The summed E-state index contributed by atoms with van der Waals surface area (Å²) in [5.41, 5.74) is 0. The Balaban J connectivity index is 6.34. The Morgan fingerprint density at radius 1 is 0.604 bits per heavy atom. The Kier molecular flexibility index (Phi) is 20.8. The number of rotatable bonds is 22. The van der Waals surface area contributed by atoms with Crippen LogP contribution in [-0.4, -0.2) is 143 Å². The summed E-state index contributed by atoms with van der Waals surface area (Å²) in [4.78, 5) is 96.7. The summed E-state index contributed by atoms with van der Waals surface area (Å²) in [7, 11) is 5.91. The first-order chi connectivity index (χ1) is 24.3. The Morgan fingerprint density at radius 3 is 1.53 bits per heavy atom. The van der Waals surface area contributed by atoms with Gasteiger partial charge < -0.3 is 46.2 Å². The Labute approximate surface area is 316 Å². The molecule has 0 aliphatic heterocycles. The molecule has 306 valence electrons. The van der Waals surface area contributed by atoms with Crippen molar-refractivity contribution < 1.29 is 43.8 Å². The molecular formula is C37H69N7O9. The lowest BCUT2D eigenvalue weighted by atomic mass is 9.94. The number of carboxylic acids is 1. The highest BCUT2D eigenvalue weighted by Gasteiger charge is 2.40. The molecular weight excluding hydrogens is 686 g/mol. The zero-order valence-electron chi connectivity index (χ0n) is 34.6. The van der Waals surface area contributed by atoms with Gasteiger partial charge in [-0.1, -0.05) is 61.8 Å². The number of carbonyl (C=O) groups is 7. The van der Waals surface area contributed by atoms with Gasteiger partial charge in [-0.25, -0.2) is 4.79 Å². The Hall–Kier alpha value is -3.79. The number of nitrogens with one attached hydrogen (secondary N) is 4. The molecule has 0 bridgehead atoms. The van der Waals surface area contributed by atoms with Gasteiger partial charge in [0.1, 0.15) is 36.3 Å². The zero-order chi connectivity index (χ0) is 41.7. The molecule has 9 atom stereocenters. The SMILES string of the molecule is CC[C@H](C)[C@@H](NC(=O)[C@H](NC(=O)[C@@H](C)N(C)C(=O)[C@H](C)NC)[C@H](O)C(C)C)C(=O)N(C)[C@@H](C)C(=O)N(C)[C@@H](CC(C)C)C(=O)N[C@@H](CC(C)C)C(=O)O. The van der Waals surface area contributed by atoms with Crippen molar-refractivity contribution in [3.63, 3.8) is 0 Å². The van der Waals surface area contributed by atoms with Crippen LogP contribution >= 0.6 is 0 Å². The van der Waals surface area contributed by atoms with Gasteiger partial charge in [-0.2, -0.15) is 0 Å². The van der Waals surface area contributed by atoms with Gasteiger partial charge in [-0.3, -0.25) is 28.8 Å². The maximum absolute atomic E-state index is 14.1. The number of hydrogen-bond acceptors (Lipinski definition) is 9. The standard InChI is InChI=1S/C37H69N7O9/c1-16-22(8)28(40-33(48)29(30(45)21(6)7)41-31(46)24(10)42(13)34(49)23(9)38-12)36(51)43(14)25(11)35(50)44(15)27(18-20(4)5)32(47)39-26(37(52)53)17-19(2)3/h19-30,38,45H,16-18H2,1-15H3,(H,39,47)(H,40,48)(H,41,46)(H,52,53)/t22-,23-,24+,25-,26-,27-,28+,29+,30+/m0/s1. The van der Waals surface area contributed by atoms with Crippen LogP contribution in [0.25, 0.3) is 0 Å². The topological polar surface area (TPSA) is 218 Å². The second-order valence-corrected chi connectivity index (χ2v) is 15.5. The van der Waals surface area contributed by atoms with Crippen molar-refractivity contribution in [2.24, 2.45) is 23.7 Å². The van der Waals surface area contributed by atoms with Crippen LogP contribution in [0.15, 0.2) is 0 Å². The molecule has 0 aromatic heterocycles. The van der Waals surface area contributed by atoms with Gasteiger partial charge in [0.05, 0.1) is 12.1 Å². The summed E-state index contributed by atoms with van der Waals surface area (Å²) in [6, 6.07) is -7.48. The monoisotopic (exact) mass is 756 g/mol. The van der Waals surface area contributed by atoms with E-state index in [-0.39, 0.29) is 30.6 Å². The van der Waals surface area contributed by atoms with Crippen molar-refractivity contribution in [2.75, 3.05) is 28.2 Å². The highest BCUT2D eigenvalue weighted by atomic mass is 16.4. The van der Waals surface area contributed by atoms with Gasteiger partial charge in [-0.15, -0.1) is 0 Å². The molecule has 16 heteroatoms. The van der Waals surface area contributed by atoms with E-state index in [9.17, 15) is 43.8 Å². The van der Waals surface area contributed by atoms with Crippen LogP contribution in [0.1, 0.15) is 95.4 Å². The molecule has 0 rings (SSSR count). The third-order valence-electron chi connectivity index (χ3n) is 9.91. The maximum Gasteiger partial charge on any atom is 0.326 e. The van der Waals surface area contributed by atoms with Gasteiger partial charge in [0.2, 0.25) is 35.4 Å². The predicted octanol–water partition coefficient (Wildman–Crippen LogP) is 0.809. The summed E-state index contributed by atoms with van der Waals surface area (Å²) in [5, 5.41) is 31.4. The molecule has 0 heterocycles. The van der Waals surface area contributed by atoms with E-state index in [1.165, 1.54) is 49.7 Å². The average molecular weight is 756 g/mol. The number of aliphatic carboxylic acids is 1. The van der Waals surface area contributed by atoms with E-state index >= 15 is 0 Å². The van der Waals surface area contributed by atoms with Crippen LogP contribution in [0.3, 0.4) is 0 Å². The largest absolute Gasteiger partial charge is 0.480 e. The number of likely N-dealkylation sites (N-methyl/N-ethyl adjacent to an activating group) is 4. The first kappa shape index (κ1) is 49.2. The molecule has 0 spiro atoms. The average Bonchev–Trinajstić information content (AvgIpc) is 3.10. The van der Waals surface area contributed by atoms with Crippen molar-refractivity contribution in [1.82, 2.24) is 36.0 Å². The number of amides is 6. The number of carboxylic acid groups (broad SMARTS) is 1. The highest BCUT2D eigenvalue weighted by molar-refractivity contribution is 5.97. The zero-order valence-corrected chi connectivity index (χ0v) is 34.6. The van der Waals surface area contributed by atoms with Crippen molar-refractivity contribution in [3.05, 3.63) is 0 Å². The van der Waals surface area contributed by atoms with E-state index in [4.69, 9.17) is 0 Å². The second-order valence-electron chi connectivity index (χ2n) is 15.5. The minimum atomic E-state index is -1.48. The summed E-state index contributed by atoms with van der Waals surface area (Å²) in [5.74, 6) is -5.82. The first-order valence-corrected chi connectivity index (χ1v) is 18.6.